The highest BCUT2D eigenvalue weighted by Gasteiger charge is 2.33. The van der Waals surface area contributed by atoms with E-state index in [-0.39, 0.29) is 5.69 Å². The molecule has 136 valence electrons. The van der Waals surface area contributed by atoms with E-state index in [0.29, 0.717) is 30.0 Å². The van der Waals surface area contributed by atoms with Gasteiger partial charge in [-0.3, -0.25) is 5.32 Å². The van der Waals surface area contributed by atoms with Crippen LogP contribution in [0.15, 0.2) is 17.5 Å². The molecule has 2 aromatic rings. The van der Waals surface area contributed by atoms with Gasteiger partial charge in [0.2, 0.25) is 0 Å². The zero-order chi connectivity index (χ0) is 18.7. The molecule has 0 bridgehead atoms. The van der Waals surface area contributed by atoms with Gasteiger partial charge in [-0.05, 0) is 18.1 Å². The van der Waals surface area contributed by atoms with Gasteiger partial charge in [-0.1, -0.05) is 13.8 Å². The van der Waals surface area contributed by atoms with E-state index in [2.05, 4.69) is 25.8 Å². The Labute approximate surface area is 154 Å². The predicted octanol–water partition coefficient (Wildman–Crippen LogP) is 1.30. The van der Waals surface area contributed by atoms with Gasteiger partial charge in [0, 0.05) is 18.5 Å². The van der Waals surface area contributed by atoms with Crippen molar-refractivity contribution in [1.82, 2.24) is 20.5 Å². The van der Waals surface area contributed by atoms with E-state index in [4.69, 9.17) is 5.26 Å². The Morgan fingerprint density at radius 1 is 1.42 bits per heavy atom. The highest BCUT2D eigenvalue weighted by Crippen LogP contribution is 2.22. The highest BCUT2D eigenvalue weighted by atomic mass is 32.1. The third-order valence-electron chi connectivity index (χ3n) is 4.03. The van der Waals surface area contributed by atoms with Gasteiger partial charge in [-0.2, -0.15) is 5.26 Å². The highest BCUT2D eigenvalue weighted by molar-refractivity contribution is 7.13. The minimum atomic E-state index is -0.735. The molecular weight excluding hydrogens is 354 g/mol. The Balaban J connectivity index is 1.57. The van der Waals surface area contributed by atoms with Gasteiger partial charge in [0.05, 0.1) is 17.8 Å². The van der Waals surface area contributed by atoms with Gasteiger partial charge in [0.1, 0.15) is 6.07 Å². The number of hydrogen-bond donors (Lipinski definition) is 3. The summed E-state index contributed by atoms with van der Waals surface area (Å²) in [6.45, 7) is 4.79. The minimum Gasteiger partial charge on any atom is -0.389 e. The van der Waals surface area contributed by atoms with Gasteiger partial charge < -0.3 is 15.3 Å². The van der Waals surface area contributed by atoms with Crippen LogP contribution in [-0.2, 0) is 0 Å². The molecule has 3 rings (SSSR count). The number of rotatable bonds is 4. The first-order valence-corrected chi connectivity index (χ1v) is 9.04. The number of nitrogens with zero attached hydrogens (tertiary/aromatic N) is 5. The normalized spacial score (nSPS) is 19.4. The van der Waals surface area contributed by atoms with E-state index in [1.165, 1.54) is 11.3 Å². The molecule has 1 aliphatic rings. The molecule has 26 heavy (non-hydrogen) atoms. The molecule has 3 N–H and O–H groups in total. The number of hydrogen-bond acceptors (Lipinski definition) is 8. The lowest BCUT2D eigenvalue weighted by molar-refractivity contribution is 0.165. The van der Waals surface area contributed by atoms with E-state index in [1.807, 2.05) is 30.2 Å². The molecule has 2 aromatic heterocycles. The summed E-state index contributed by atoms with van der Waals surface area (Å²) < 4.78 is 0. The number of amides is 2. The lowest BCUT2D eigenvalue weighted by Gasteiger charge is -2.17. The third kappa shape index (κ3) is 4.07. The molecule has 3 heterocycles. The second kappa shape index (κ2) is 7.63. The zero-order valence-corrected chi connectivity index (χ0v) is 15.2. The maximum absolute atomic E-state index is 12.2. The summed E-state index contributed by atoms with van der Waals surface area (Å²) in [4.78, 5) is 18.3. The number of carbonyl (C=O) groups excluding carboxylic acids is 1. The Kier molecular flexibility index (Phi) is 5.29. The molecule has 0 spiro atoms. The first-order valence-electron chi connectivity index (χ1n) is 8.16. The minimum absolute atomic E-state index is 0.228. The van der Waals surface area contributed by atoms with E-state index in [9.17, 15) is 9.90 Å². The molecule has 0 radical (unpaired) electrons. The molecule has 2 amide bonds. The lowest BCUT2D eigenvalue weighted by atomic mass is 10.2. The van der Waals surface area contributed by atoms with Crippen LogP contribution in [0.25, 0.3) is 0 Å². The number of urea groups is 1. The number of thiazole rings is 1. The maximum Gasteiger partial charge on any atom is 0.321 e. The van der Waals surface area contributed by atoms with Crippen molar-refractivity contribution < 1.29 is 9.90 Å². The number of aliphatic hydroxyl groups is 1. The average Bonchev–Trinajstić information content (AvgIpc) is 3.22. The van der Waals surface area contributed by atoms with Crippen LogP contribution >= 0.6 is 11.3 Å². The Morgan fingerprint density at radius 2 is 2.23 bits per heavy atom. The van der Waals surface area contributed by atoms with Crippen molar-refractivity contribution in [3.05, 3.63) is 28.9 Å². The Hall–Kier alpha value is -2.77. The second-order valence-electron chi connectivity index (χ2n) is 6.30. The number of nitriles is 1. The fourth-order valence-electron chi connectivity index (χ4n) is 2.58. The summed E-state index contributed by atoms with van der Waals surface area (Å²) in [5.41, 5.74) is 1.16. The molecule has 0 saturated carbocycles. The Bertz CT molecular complexity index is 815. The second-order valence-corrected chi connectivity index (χ2v) is 7.16. The maximum atomic E-state index is 12.2. The topological polar surface area (TPSA) is 127 Å². The number of nitrogens with one attached hydrogen (secondary N) is 2. The summed E-state index contributed by atoms with van der Waals surface area (Å²) in [5, 5.41) is 34.6. The molecule has 10 heteroatoms. The van der Waals surface area contributed by atoms with Crippen molar-refractivity contribution in [2.45, 2.75) is 31.9 Å². The van der Waals surface area contributed by atoms with Gasteiger partial charge in [0.25, 0.3) is 0 Å². The molecule has 1 fully saturated rings. The van der Waals surface area contributed by atoms with Gasteiger partial charge in [-0.15, -0.1) is 21.5 Å². The van der Waals surface area contributed by atoms with Crippen molar-refractivity contribution in [2.24, 2.45) is 0 Å². The summed E-state index contributed by atoms with van der Waals surface area (Å²) in [7, 11) is 0. The molecular formula is C16H19N7O2S. The predicted molar refractivity (Wildman–Crippen MR) is 97.1 cm³/mol. The summed E-state index contributed by atoms with van der Waals surface area (Å²) >= 11 is 1.37. The lowest BCUT2D eigenvalue weighted by Crippen LogP contribution is -2.44. The van der Waals surface area contributed by atoms with Crippen LogP contribution in [0.2, 0.25) is 0 Å². The standard InChI is InChI=1S/C16H19N7O2S/c1-9(2)12-8-26-16(19-12)20-15(25)18-11-6-23(7-13(11)24)14-4-3-10(5-17)21-22-14/h3-4,8-9,11,13,24H,6-7H2,1-2H3,(H2,18,19,20,25)/t11-,13+/m0/s1. The van der Waals surface area contributed by atoms with Gasteiger partial charge >= 0.3 is 6.03 Å². The first-order chi connectivity index (χ1) is 12.5. The van der Waals surface area contributed by atoms with Crippen LogP contribution in [0.1, 0.15) is 31.2 Å². The smallest absolute Gasteiger partial charge is 0.321 e. The van der Waals surface area contributed by atoms with Crippen LogP contribution in [0.3, 0.4) is 0 Å². The third-order valence-corrected chi connectivity index (χ3v) is 4.80. The van der Waals surface area contributed by atoms with E-state index in [0.717, 1.165) is 5.69 Å². The fourth-order valence-corrected chi connectivity index (χ4v) is 3.45. The SMILES string of the molecule is CC(C)c1csc(NC(=O)N[C@H]2CN(c3ccc(C#N)nn3)C[C@H]2O)n1. The quantitative estimate of drug-likeness (QED) is 0.737. The van der Waals surface area contributed by atoms with Crippen molar-refractivity contribution in [3.8, 4) is 6.07 Å². The zero-order valence-electron chi connectivity index (χ0n) is 14.4. The average molecular weight is 373 g/mol. The van der Waals surface area contributed by atoms with Crippen molar-refractivity contribution >= 4 is 28.3 Å². The Morgan fingerprint density at radius 3 is 2.85 bits per heavy atom. The van der Waals surface area contributed by atoms with Crippen molar-refractivity contribution in [3.63, 3.8) is 0 Å². The first kappa shape index (κ1) is 18.0. The fraction of sp³-hybridized carbons (Fsp3) is 0.438. The molecule has 0 aliphatic carbocycles. The summed E-state index contributed by atoms with van der Waals surface area (Å²) in [6, 6.07) is 4.29. The molecule has 1 saturated heterocycles. The number of aromatic nitrogens is 3. The van der Waals surface area contributed by atoms with E-state index in [1.54, 1.807) is 12.1 Å². The molecule has 2 atom stereocenters. The molecule has 0 unspecified atom stereocenters. The van der Waals surface area contributed by atoms with Gasteiger partial charge in [0.15, 0.2) is 16.6 Å². The van der Waals surface area contributed by atoms with Crippen LogP contribution in [0.5, 0.6) is 0 Å². The summed E-state index contributed by atoms with van der Waals surface area (Å²) in [6.07, 6.45) is -0.735. The number of carbonyl (C=O) groups is 1. The van der Waals surface area contributed by atoms with Crippen LogP contribution in [-0.4, -0.2) is 51.6 Å². The van der Waals surface area contributed by atoms with E-state index < -0.39 is 18.2 Å². The molecule has 0 aromatic carbocycles. The number of β-amino-alcohol motifs (C(OH)–C–C–N with tert-alkyl or cyclic N) is 1. The van der Waals surface area contributed by atoms with Gasteiger partial charge in [-0.25, -0.2) is 9.78 Å². The monoisotopic (exact) mass is 373 g/mol. The van der Waals surface area contributed by atoms with Crippen LogP contribution in [0.4, 0.5) is 15.7 Å². The number of anilines is 2. The van der Waals surface area contributed by atoms with Crippen molar-refractivity contribution in [2.75, 3.05) is 23.3 Å². The van der Waals surface area contributed by atoms with Crippen molar-refractivity contribution in [1.29, 1.82) is 5.26 Å². The molecule has 1 aliphatic heterocycles. The van der Waals surface area contributed by atoms with Crippen LogP contribution < -0.4 is 15.5 Å². The number of aliphatic hydroxyl groups excluding tert-OH is 1. The van der Waals surface area contributed by atoms with Crippen LogP contribution in [0, 0.1) is 11.3 Å². The summed E-state index contributed by atoms with van der Waals surface area (Å²) in [5.74, 6) is 0.845. The van der Waals surface area contributed by atoms with E-state index >= 15 is 0 Å². The largest absolute Gasteiger partial charge is 0.389 e. The molecule has 9 nitrogen and oxygen atoms in total.